The van der Waals surface area contributed by atoms with Crippen molar-refractivity contribution in [1.29, 1.82) is 0 Å². The van der Waals surface area contributed by atoms with Crippen LogP contribution < -0.4 is 0 Å². The topological polar surface area (TPSA) is 79.2 Å². The zero-order valence-corrected chi connectivity index (χ0v) is 12.0. The normalized spacial score (nSPS) is 11.1. The zero-order valence-electron chi connectivity index (χ0n) is 12.0. The molecule has 0 bridgehead atoms. The van der Waals surface area contributed by atoms with E-state index >= 15 is 0 Å². The Bertz CT molecular complexity index is 1050. The van der Waals surface area contributed by atoms with Gasteiger partial charge in [0.25, 0.3) is 0 Å². The Morgan fingerprint density at radius 1 is 1.00 bits per heavy atom. The van der Waals surface area contributed by atoms with E-state index in [4.69, 9.17) is 0 Å². The van der Waals surface area contributed by atoms with Crippen molar-refractivity contribution in [2.24, 2.45) is 0 Å². The number of hydrogen-bond acceptors (Lipinski definition) is 3. The third-order valence-electron chi connectivity index (χ3n) is 4.00. The summed E-state index contributed by atoms with van der Waals surface area (Å²) in [5, 5.41) is 23.4. The fraction of sp³-hybridized carbons (Fsp3) is 0. The number of rotatable bonds is 2. The van der Waals surface area contributed by atoms with Crippen LogP contribution >= 0.6 is 0 Å². The third kappa shape index (κ3) is 1.94. The van der Waals surface area contributed by atoms with Crippen LogP contribution in [0.2, 0.25) is 0 Å². The van der Waals surface area contributed by atoms with Gasteiger partial charge in [-0.15, -0.1) is 0 Å². The van der Waals surface area contributed by atoms with E-state index in [1.165, 1.54) is 6.07 Å². The maximum atomic E-state index is 11.7. The number of nitro benzene ring substituents is 1. The number of fused-ring (bicyclic) bond motifs is 3. The average molecular weight is 304 g/mol. The van der Waals surface area contributed by atoms with Crippen molar-refractivity contribution in [2.75, 3.05) is 0 Å². The smallest absolute Gasteiger partial charge is 0.301 e. The number of aromatic amines is 1. The van der Waals surface area contributed by atoms with E-state index in [0.29, 0.717) is 22.0 Å². The molecule has 0 saturated heterocycles. The van der Waals surface area contributed by atoms with Crippen molar-refractivity contribution in [3.63, 3.8) is 0 Å². The van der Waals surface area contributed by atoms with Gasteiger partial charge in [0.05, 0.1) is 15.9 Å². The summed E-state index contributed by atoms with van der Waals surface area (Å²) in [6.07, 6.45) is 0. The maximum absolute atomic E-state index is 11.7. The number of benzene rings is 3. The van der Waals surface area contributed by atoms with Crippen molar-refractivity contribution in [2.45, 2.75) is 0 Å². The molecule has 2 N–H and O–H groups in total. The highest BCUT2D eigenvalue weighted by Crippen LogP contribution is 2.43. The first-order valence-corrected chi connectivity index (χ1v) is 7.13. The molecule has 0 amide bonds. The number of aromatic nitrogens is 1. The van der Waals surface area contributed by atoms with Gasteiger partial charge in [0.1, 0.15) is 11.3 Å². The van der Waals surface area contributed by atoms with Gasteiger partial charge in [-0.2, -0.15) is 0 Å². The molecule has 0 saturated carbocycles. The van der Waals surface area contributed by atoms with Gasteiger partial charge >= 0.3 is 5.69 Å². The Balaban J connectivity index is 2.19. The lowest BCUT2D eigenvalue weighted by atomic mass is 10.00. The summed E-state index contributed by atoms with van der Waals surface area (Å²) in [6.45, 7) is 0. The maximum Gasteiger partial charge on any atom is 0.301 e. The number of nitrogens with one attached hydrogen (secondary N) is 1. The molecule has 112 valence electrons. The standard InChI is InChI=1S/C18H12N2O3/c21-15-10-13(11-6-2-1-3-7-11)18(20(22)23)17-16(15)12-8-4-5-9-14(12)19-17/h1-10,19,21H. The Labute approximate surface area is 131 Å². The van der Waals surface area contributed by atoms with Gasteiger partial charge in [-0.25, -0.2) is 0 Å². The fourth-order valence-electron chi connectivity index (χ4n) is 3.02. The molecule has 23 heavy (non-hydrogen) atoms. The zero-order chi connectivity index (χ0) is 16.0. The van der Waals surface area contributed by atoms with Gasteiger partial charge < -0.3 is 10.1 Å². The summed E-state index contributed by atoms with van der Waals surface area (Å²) >= 11 is 0. The first kappa shape index (κ1) is 13.3. The summed E-state index contributed by atoms with van der Waals surface area (Å²) in [6, 6.07) is 17.9. The second-order valence-corrected chi connectivity index (χ2v) is 5.34. The highest BCUT2D eigenvalue weighted by Gasteiger charge is 2.25. The first-order valence-electron chi connectivity index (χ1n) is 7.13. The van der Waals surface area contributed by atoms with Gasteiger partial charge in [0, 0.05) is 10.9 Å². The minimum atomic E-state index is -0.403. The lowest BCUT2D eigenvalue weighted by molar-refractivity contribution is -0.382. The van der Waals surface area contributed by atoms with Gasteiger partial charge in [-0.1, -0.05) is 48.5 Å². The number of phenols is 1. The Morgan fingerprint density at radius 2 is 1.70 bits per heavy atom. The molecular formula is C18H12N2O3. The molecule has 0 spiro atoms. The molecule has 1 heterocycles. The highest BCUT2D eigenvalue weighted by molar-refractivity contribution is 6.15. The van der Waals surface area contributed by atoms with Crippen LogP contribution in [0.1, 0.15) is 0 Å². The van der Waals surface area contributed by atoms with Crippen molar-refractivity contribution in [3.05, 3.63) is 70.8 Å². The Morgan fingerprint density at radius 3 is 2.43 bits per heavy atom. The second-order valence-electron chi connectivity index (χ2n) is 5.34. The summed E-state index contributed by atoms with van der Waals surface area (Å²) in [4.78, 5) is 14.4. The van der Waals surface area contributed by atoms with Crippen LogP contribution in [0.25, 0.3) is 32.9 Å². The molecule has 3 aromatic carbocycles. The Kier molecular flexibility index (Phi) is 2.81. The van der Waals surface area contributed by atoms with Crippen LogP contribution in [-0.4, -0.2) is 15.0 Å². The summed E-state index contributed by atoms with van der Waals surface area (Å²) in [5.74, 6) is 0.0295. The number of hydrogen-bond donors (Lipinski definition) is 2. The van der Waals surface area contributed by atoms with E-state index < -0.39 is 4.92 Å². The minimum absolute atomic E-state index is 0.0276. The number of aromatic hydroxyl groups is 1. The van der Waals surface area contributed by atoms with Crippen molar-refractivity contribution in [1.82, 2.24) is 4.98 Å². The van der Waals surface area contributed by atoms with Gasteiger partial charge in [0.2, 0.25) is 0 Å². The number of H-pyrrole nitrogens is 1. The molecular weight excluding hydrogens is 292 g/mol. The van der Waals surface area contributed by atoms with Gasteiger partial charge in [0.15, 0.2) is 0 Å². The average Bonchev–Trinajstić information content (AvgIpc) is 2.94. The van der Waals surface area contributed by atoms with E-state index in [1.807, 2.05) is 42.5 Å². The minimum Gasteiger partial charge on any atom is -0.507 e. The molecule has 0 fully saturated rings. The lowest BCUT2D eigenvalue weighted by Gasteiger charge is -2.06. The van der Waals surface area contributed by atoms with Crippen LogP contribution in [0, 0.1) is 10.1 Å². The number of nitrogens with zero attached hydrogens (tertiary/aromatic N) is 1. The SMILES string of the molecule is O=[N+]([O-])c1c(-c2ccccc2)cc(O)c2c1[nH]c1ccccc12. The fourth-order valence-corrected chi connectivity index (χ4v) is 3.02. The summed E-state index contributed by atoms with van der Waals surface area (Å²) in [5.41, 5.74) is 2.16. The molecule has 1 aromatic heterocycles. The van der Waals surface area contributed by atoms with Crippen LogP contribution in [0.3, 0.4) is 0 Å². The molecule has 0 atom stereocenters. The van der Waals surface area contributed by atoms with Crippen LogP contribution in [0.4, 0.5) is 5.69 Å². The monoisotopic (exact) mass is 304 g/mol. The molecule has 4 rings (SSSR count). The van der Waals surface area contributed by atoms with Gasteiger partial charge in [-0.05, 0) is 17.7 Å². The molecule has 0 aliphatic carbocycles. The van der Waals surface area contributed by atoms with E-state index in [9.17, 15) is 15.2 Å². The summed E-state index contributed by atoms with van der Waals surface area (Å²) in [7, 11) is 0. The quantitative estimate of drug-likeness (QED) is 0.419. The molecule has 5 heteroatoms. The molecule has 0 unspecified atom stereocenters. The molecule has 0 aliphatic heterocycles. The lowest BCUT2D eigenvalue weighted by Crippen LogP contribution is -1.94. The number of para-hydroxylation sites is 1. The molecule has 0 aliphatic rings. The highest BCUT2D eigenvalue weighted by atomic mass is 16.6. The Hall–Kier alpha value is -3.34. The second kappa shape index (κ2) is 4.84. The van der Waals surface area contributed by atoms with Crippen molar-refractivity contribution < 1.29 is 10.0 Å². The molecule has 0 radical (unpaired) electrons. The van der Waals surface area contributed by atoms with Crippen molar-refractivity contribution in [3.8, 4) is 16.9 Å². The van der Waals surface area contributed by atoms with E-state index in [1.54, 1.807) is 12.1 Å². The van der Waals surface area contributed by atoms with Crippen molar-refractivity contribution >= 4 is 27.5 Å². The molecule has 4 aromatic rings. The number of phenolic OH excluding ortho intramolecular Hbond substituents is 1. The molecule has 5 nitrogen and oxygen atoms in total. The van der Waals surface area contributed by atoms with E-state index in [-0.39, 0.29) is 11.4 Å². The van der Waals surface area contributed by atoms with Crippen LogP contribution in [0.5, 0.6) is 5.75 Å². The van der Waals surface area contributed by atoms with E-state index in [0.717, 1.165) is 10.9 Å². The van der Waals surface area contributed by atoms with Gasteiger partial charge in [-0.3, -0.25) is 10.1 Å². The van der Waals surface area contributed by atoms with Crippen LogP contribution in [-0.2, 0) is 0 Å². The predicted molar refractivity (Wildman–Crippen MR) is 89.6 cm³/mol. The van der Waals surface area contributed by atoms with Crippen LogP contribution in [0.15, 0.2) is 60.7 Å². The summed E-state index contributed by atoms with van der Waals surface area (Å²) < 4.78 is 0. The van der Waals surface area contributed by atoms with E-state index in [2.05, 4.69) is 4.98 Å². The predicted octanol–water partition coefficient (Wildman–Crippen LogP) is 4.60. The number of nitro groups is 1. The first-order chi connectivity index (χ1) is 11.2. The largest absolute Gasteiger partial charge is 0.507 e. The third-order valence-corrected chi connectivity index (χ3v) is 4.00.